The van der Waals surface area contributed by atoms with Crippen LogP contribution < -0.4 is 4.74 Å². The summed E-state index contributed by atoms with van der Waals surface area (Å²) in [6.45, 7) is 4.23. The summed E-state index contributed by atoms with van der Waals surface area (Å²) in [4.78, 5) is 0. The van der Waals surface area contributed by atoms with Crippen LogP contribution in [0.3, 0.4) is 0 Å². The molecule has 0 radical (unpaired) electrons. The van der Waals surface area contributed by atoms with Crippen LogP contribution in [0.4, 0.5) is 0 Å². The summed E-state index contributed by atoms with van der Waals surface area (Å²) in [6, 6.07) is 12.1. The molecule has 0 amide bonds. The van der Waals surface area contributed by atoms with Gasteiger partial charge in [-0.2, -0.15) is 0 Å². The van der Waals surface area contributed by atoms with Gasteiger partial charge in [0.15, 0.2) is 10.9 Å². The Morgan fingerprint density at radius 1 is 1.22 bits per heavy atom. The average molecular weight is 329 g/mol. The van der Waals surface area contributed by atoms with Crippen LogP contribution in [0.1, 0.15) is 25.5 Å². The lowest BCUT2D eigenvalue weighted by molar-refractivity contribution is 0.414. The number of hydrogen-bond acceptors (Lipinski definition) is 5. The molecule has 3 aromatic rings. The van der Waals surface area contributed by atoms with Crippen molar-refractivity contribution in [2.75, 3.05) is 7.11 Å². The van der Waals surface area contributed by atoms with Gasteiger partial charge in [0.1, 0.15) is 5.75 Å². The minimum absolute atomic E-state index is 0.248. The number of aromatic nitrogens is 3. The first-order valence-electron chi connectivity index (χ1n) is 7.43. The van der Waals surface area contributed by atoms with Crippen molar-refractivity contribution in [3.05, 3.63) is 48.2 Å². The maximum atomic E-state index is 5.47. The van der Waals surface area contributed by atoms with E-state index in [-0.39, 0.29) is 6.04 Å². The predicted octanol–water partition coefficient (Wildman–Crippen LogP) is 4.42. The highest BCUT2D eigenvalue weighted by atomic mass is 32.2. The molecule has 0 aliphatic heterocycles. The number of thioether (sulfide) groups is 1. The first-order valence-corrected chi connectivity index (χ1v) is 8.42. The van der Waals surface area contributed by atoms with Crippen molar-refractivity contribution in [1.82, 2.24) is 14.8 Å². The maximum absolute atomic E-state index is 5.47. The zero-order valence-electron chi connectivity index (χ0n) is 13.4. The SMILES string of the molecule is COc1cccc(CSc2nnc(-c3ccco3)n2C(C)C)c1. The standard InChI is InChI=1S/C17H19N3O2S/c1-12(2)20-16(15-8-5-9-22-15)18-19-17(20)23-11-13-6-4-7-14(10-13)21-3/h4-10,12H,11H2,1-3H3. The van der Waals surface area contributed by atoms with Crippen molar-refractivity contribution in [3.63, 3.8) is 0 Å². The largest absolute Gasteiger partial charge is 0.497 e. The van der Waals surface area contributed by atoms with E-state index >= 15 is 0 Å². The number of benzene rings is 1. The van der Waals surface area contributed by atoms with Gasteiger partial charge in [0.05, 0.1) is 13.4 Å². The van der Waals surface area contributed by atoms with Gasteiger partial charge in [-0.05, 0) is 43.7 Å². The van der Waals surface area contributed by atoms with Crippen LogP contribution in [0.2, 0.25) is 0 Å². The minimum Gasteiger partial charge on any atom is -0.497 e. The van der Waals surface area contributed by atoms with Crippen molar-refractivity contribution in [3.8, 4) is 17.3 Å². The molecular weight excluding hydrogens is 310 g/mol. The molecule has 0 spiro atoms. The number of furan rings is 1. The van der Waals surface area contributed by atoms with Crippen molar-refractivity contribution >= 4 is 11.8 Å². The van der Waals surface area contributed by atoms with E-state index in [4.69, 9.17) is 9.15 Å². The van der Waals surface area contributed by atoms with Crippen LogP contribution in [0.25, 0.3) is 11.6 Å². The summed E-state index contributed by atoms with van der Waals surface area (Å²) in [5.74, 6) is 3.17. The second-order valence-corrected chi connectivity index (χ2v) is 6.33. The summed E-state index contributed by atoms with van der Waals surface area (Å²) >= 11 is 1.66. The van der Waals surface area contributed by atoms with Crippen LogP contribution >= 0.6 is 11.8 Å². The van der Waals surface area contributed by atoms with Crippen molar-refractivity contribution in [2.24, 2.45) is 0 Å². The highest BCUT2D eigenvalue weighted by Crippen LogP contribution is 2.30. The highest BCUT2D eigenvalue weighted by Gasteiger charge is 2.18. The summed E-state index contributed by atoms with van der Waals surface area (Å²) < 4.78 is 12.8. The quantitative estimate of drug-likeness (QED) is 0.627. The lowest BCUT2D eigenvalue weighted by Gasteiger charge is -2.12. The molecular formula is C17H19N3O2S. The van der Waals surface area contributed by atoms with Crippen LogP contribution in [0.5, 0.6) is 5.75 Å². The Balaban J connectivity index is 1.83. The summed E-state index contributed by atoms with van der Waals surface area (Å²) in [5, 5.41) is 9.52. The first kappa shape index (κ1) is 15.7. The van der Waals surface area contributed by atoms with Gasteiger partial charge >= 0.3 is 0 Å². The second-order valence-electron chi connectivity index (χ2n) is 5.39. The van der Waals surface area contributed by atoms with Gasteiger partial charge in [-0.25, -0.2) is 0 Å². The van der Waals surface area contributed by atoms with Gasteiger partial charge in [-0.3, -0.25) is 4.57 Å². The van der Waals surface area contributed by atoms with Gasteiger partial charge in [0.2, 0.25) is 5.82 Å². The topological polar surface area (TPSA) is 53.1 Å². The molecule has 3 rings (SSSR count). The fourth-order valence-corrected chi connectivity index (χ4v) is 3.34. The molecule has 2 heterocycles. The number of nitrogens with zero attached hydrogens (tertiary/aromatic N) is 3. The van der Waals surface area contributed by atoms with E-state index < -0.39 is 0 Å². The van der Waals surface area contributed by atoms with E-state index in [0.29, 0.717) is 0 Å². The molecule has 0 aliphatic rings. The zero-order valence-corrected chi connectivity index (χ0v) is 14.2. The molecule has 0 N–H and O–H groups in total. The van der Waals surface area contributed by atoms with Crippen LogP contribution in [0.15, 0.2) is 52.2 Å². The molecule has 0 fully saturated rings. The Kier molecular flexibility index (Phi) is 4.71. The van der Waals surface area contributed by atoms with E-state index in [1.54, 1.807) is 25.1 Å². The number of hydrogen-bond donors (Lipinski definition) is 0. The van der Waals surface area contributed by atoms with Crippen LogP contribution in [-0.2, 0) is 5.75 Å². The van der Waals surface area contributed by atoms with E-state index in [1.165, 1.54) is 5.56 Å². The molecule has 120 valence electrons. The Labute approximate surface area is 139 Å². The summed E-state index contributed by atoms with van der Waals surface area (Å²) in [7, 11) is 1.68. The Hall–Kier alpha value is -2.21. The normalized spacial score (nSPS) is 11.1. The van der Waals surface area contributed by atoms with Crippen LogP contribution in [0, 0.1) is 0 Å². The van der Waals surface area contributed by atoms with E-state index in [0.717, 1.165) is 28.2 Å². The van der Waals surface area contributed by atoms with Gasteiger partial charge in [-0.1, -0.05) is 23.9 Å². The molecule has 0 bridgehead atoms. The molecule has 23 heavy (non-hydrogen) atoms. The fourth-order valence-electron chi connectivity index (χ4n) is 2.32. The minimum atomic E-state index is 0.248. The van der Waals surface area contributed by atoms with Gasteiger partial charge < -0.3 is 9.15 Å². The van der Waals surface area contributed by atoms with Crippen molar-refractivity contribution in [1.29, 1.82) is 0 Å². The Morgan fingerprint density at radius 2 is 2.09 bits per heavy atom. The van der Waals surface area contributed by atoms with Gasteiger partial charge in [-0.15, -0.1) is 10.2 Å². The van der Waals surface area contributed by atoms with E-state index in [9.17, 15) is 0 Å². The molecule has 2 aromatic heterocycles. The second kappa shape index (κ2) is 6.91. The molecule has 0 aliphatic carbocycles. The third-order valence-corrected chi connectivity index (χ3v) is 4.44. The number of ether oxygens (including phenoxy) is 1. The highest BCUT2D eigenvalue weighted by molar-refractivity contribution is 7.98. The lowest BCUT2D eigenvalue weighted by atomic mass is 10.2. The molecule has 0 saturated heterocycles. The van der Waals surface area contributed by atoms with Gasteiger partial charge in [0.25, 0.3) is 0 Å². The number of rotatable bonds is 6. The summed E-state index contributed by atoms with van der Waals surface area (Å²) in [5.41, 5.74) is 1.19. The predicted molar refractivity (Wildman–Crippen MR) is 90.7 cm³/mol. The maximum Gasteiger partial charge on any atom is 0.200 e. The molecule has 0 atom stereocenters. The first-order chi connectivity index (χ1) is 11.2. The average Bonchev–Trinajstić information content (AvgIpc) is 3.22. The van der Waals surface area contributed by atoms with Crippen LogP contribution in [-0.4, -0.2) is 21.9 Å². The Morgan fingerprint density at radius 3 is 2.78 bits per heavy atom. The zero-order chi connectivity index (χ0) is 16.2. The van der Waals surface area contributed by atoms with Gasteiger partial charge in [0, 0.05) is 11.8 Å². The smallest absolute Gasteiger partial charge is 0.200 e. The van der Waals surface area contributed by atoms with E-state index in [2.05, 4.69) is 34.7 Å². The molecule has 0 unspecified atom stereocenters. The summed E-state index contributed by atoms with van der Waals surface area (Å²) in [6.07, 6.45) is 1.65. The van der Waals surface area contributed by atoms with Crippen molar-refractivity contribution in [2.45, 2.75) is 30.8 Å². The molecule has 0 saturated carbocycles. The Bertz CT molecular complexity index is 766. The lowest BCUT2D eigenvalue weighted by Crippen LogP contribution is -2.04. The van der Waals surface area contributed by atoms with Crippen molar-refractivity contribution < 1.29 is 9.15 Å². The van der Waals surface area contributed by atoms with E-state index in [1.807, 2.05) is 30.3 Å². The number of methoxy groups -OCH3 is 1. The molecule has 1 aromatic carbocycles. The molecule has 5 nitrogen and oxygen atoms in total. The molecule has 6 heteroatoms. The monoisotopic (exact) mass is 329 g/mol. The third kappa shape index (κ3) is 3.42. The fraction of sp³-hybridized carbons (Fsp3) is 0.294. The third-order valence-electron chi connectivity index (χ3n) is 3.42.